The molecule has 0 atom stereocenters. The van der Waals surface area contributed by atoms with E-state index in [0.29, 0.717) is 19.4 Å². The Hall–Kier alpha value is -2.49. The van der Waals surface area contributed by atoms with Crippen LogP contribution in [0.3, 0.4) is 0 Å². The molecule has 2 aromatic carbocycles. The molecule has 0 bridgehead atoms. The molecule has 2 rings (SSSR count). The number of para-hydroxylation sites is 1. The van der Waals surface area contributed by atoms with E-state index >= 15 is 0 Å². The fraction of sp³-hybridized carbons (Fsp3) is 0.278. The van der Waals surface area contributed by atoms with Gasteiger partial charge in [0, 0.05) is 23.9 Å². The summed E-state index contributed by atoms with van der Waals surface area (Å²) >= 11 is 0. The Morgan fingerprint density at radius 1 is 1.18 bits per heavy atom. The van der Waals surface area contributed by atoms with Crippen LogP contribution in [0.5, 0.6) is 5.75 Å². The Morgan fingerprint density at radius 3 is 2.77 bits per heavy atom. The van der Waals surface area contributed by atoms with Crippen molar-refractivity contribution in [3.63, 3.8) is 0 Å². The maximum Gasteiger partial charge on any atom is 0.224 e. The van der Waals surface area contributed by atoms with E-state index in [9.17, 15) is 4.79 Å². The lowest BCUT2D eigenvalue weighted by Gasteiger charge is -2.09. The smallest absolute Gasteiger partial charge is 0.224 e. The molecule has 0 radical (unpaired) electrons. The minimum Gasteiger partial charge on any atom is -0.494 e. The molecule has 0 aromatic heterocycles. The summed E-state index contributed by atoms with van der Waals surface area (Å²) < 4.78 is 5.55. The van der Waals surface area contributed by atoms with Crippen LogP contribution in [0.25, 0.3) is 0 Å². The largest absolute Gasteiger partial charge is 0.494 e. The SMILES string of the molecule is CCCOc1cccc(NC(=O)CCc2ccccc2N)c1. The van der Waals surface area contributed by atoms with Gasteiger partial charge in [-0.1, -0.05) is 31.2 Å². The lowest BCUT2D eigenvalue weighted by molar-refractivity contribution is -0.116. The maximum atomic E-state index is 12.0. The third-order valence-corrected chi connectivity index (χ3v) is 3.27. The second-order valence-electron chi connectivity index (χ2n) is 5.12. The summed E-state index contributed by atoms with van der Waals surface area (Å²) in [6.07, 6.45) is 1.98. The van der Waals surface area contributed by atoms with Crippen LogP contribution in [-0.4, -0.2) is 12.5 Å². The highest BCUT2D eigenvalue weighted by atomic mass is 16.5. The summed E-state index contributed by atoms with van der Waals surface area (Å²) in [7, 11) is 0. The highest BCUT2D eigenvalue weighted by molar-refractivity contribution is 5.91. The lowest BCUT2D eigenvalue weighted by atomic mass is 10.1. The molecular formula is C18H22N2O2. The maximum absolute atomic E-state index is 12.0. The standard InChI is InChI=1S/C18H22N2O2/c1-2-12-22-16-8-5-7-15(13-16)20-18(21)11-10-14-6-3-4-9-17(14)19/h3-9,13H,2,10-12,19H2,1H3,(H,20,21). The molecule has 2 aromatic rings. The van der Waals surface area contributed by atoms with Crippen LogP contribution in [0, 0.1) is 0 Å². The molecule has 0 aliphatic carbocycles. The quantitative estimate of drug-likeness (QED) is 0.767. The van der Waals surface area contributed by atoms with Gasteiger partial charge in [0.1, 0.15) is 5.75 Å². The average molecular weight is 298 g/mol. The molecule has 4 nitrogen and oxygen atoms in total. The number of carbonyl (C=O) groups is 1. The number of ether oxygens (including phenoxy) is 1. The molecule has 1 amide bonds. The van der Waals surface area contributed by atoms with Crippen molar-refractivity contribution in [2.24, 2.45) is 0 Å². The summed E-state index contributed by atoms with van der Waals surface area (Å²) in [6.45, 7) is 2.73. The van der Waals surface area contributed by atoms with Gasteiger partial charge in [0.05, 0.1) is 6.61 Å². The number of hydrogen-bond acceptors (Lipinski definition) is 3. The molecule has 0 aliphatic rings. The number of nitrogen functional groups attached to an aromatic ring is 1. The van der Waals surface area contributed by atoms with E-state index in [4.69, 9.17) is 10.5 Å². The fourth-order valence-electron chi connectivity index (χ4n) is 2.12. The zero-order valence-electron chi connectivity index (χ0n) is 12.8. The molecule has 0 saturated heterocycles. The van der Waals surface area contributed by atoms with Gasteiger partial charge in [-0.05, 0) is 36.6 Å². The van der Waals surface area contributed by atoms with Crippen LogP contribution in [0.15, 0.2) is 48.5 Å². The van der Waals surface area contributed by atoms with E-state index in [1.807, 2.05) is 48.5 Å². The molecular weight excluding hydrogens is 276 g/mol. The molecule has 0 aliphatic heterocycles. The minimum atomic E-state index is -0.0316. The van der Waals surface area contributed by atoms with Crippen LogP contribution >= 0.6 is 0 Å². The number of aryl methyl sites for hydroxylation is 1. The van der Waals surface area contributed by atoms with Crippen LogP contribution in [0.1, 0.15) is 25.3 Å². The van der Waals surface area contributed by atoms with Gasteiger partial charge in [-0.2, -0.15) is 0 Å². The van der Waals surface area contributed by atoms with Crippen LogP contribution < -0.4 is 15.8 Å². The molecule has 0 unspecified atom stereocenters. The van der Waals surface area contributed by atoms with Crippen LogP contribution in [-0.2, 0) is 11.2 Å². The first kappa shape index (κ1) is 15.9. The van der Waals surface area contributed by atoms with E-state index in [2.05, 4.69) is 12.2 Å². The Bertz CT molecular complexity index is 626. The summed E-state index contributed by atoms with van der Waals surface area (Å²) in [4.78, 5) is 12.0. The highest BCUT2D eigenvalue weighted by Crippen LogP contribution is 2.18. The van der Waals surface area contributed by atoms with Crippen molar-refractivity contribution < 1.29 is 9.53 Å². The van der Waals surface area contributed by atoms with E-state index in [0.717, 1.165) is 29.1 Å². The predicted molar refractivity (Wildman–Crippen MR) is 90.0 cm³/mol. The summed E-state index contributed by atoms with van der Waals surface area (Å²) in [5.41, 5.74) is 8.35. The second kappa shape index (κ2) is 8.08. The molecule has 0 fully saturated rings. The van der Waals surface area contributed by atoms with Crippen molar-refractivity contribution >= 4 is 17.3 Å². The molecule has 4 heteroatoms. The first-order chi connectivity index (χ1) is 10.7. The first-order valence-electron chi connectivity index (χ1n) is 7.55. The van der Waals surface area contributed by atoms with Gasteiger partial charge in [0.25, 0.3) is 0 Å². The van der Waals surface area contributed by atoms with Gasteiger partial charge in [0.15, 0.2) is 0 Å². The highest BCUT2D eigenvalue weighted by Gasteiger charge is 2.06. The predicted octanol–water partition coefficient (Wildman–Crippen LogP) is 3.63. The Labute approximate surface area is 131 Å². The third kappa shape index (κ3) is 4.81. The zero-order valence-corrected chi connectivity index (χ0v) is 12.8. The third-order valence-electron chi connectivity index (χ3n) is 3.27. The topological polar surface area (TPSA) is 64.3 Å². The molecule has 3 N–H and O–H groups in total. The normalized spacial score (nSPS) is 10.2. The number of amides is 1. The van der Waals surface area contributed by atoms with Crippen molar-refractivity contribution in [2.75, 3.05) is 17.7 Å². The van der Waals surface area contributed by atoms with Gasteiger partial charge in [-0.25, -0.2) is 0 Å². The van der Waals surface area contributed by atoms with E-state index in [1.54, 1.807) is 0 Å². The Kier molecular flexibility index (Phi) is 5.83. The van der Waals surface area contributed by atoms with Gasteiger partial charge >= 0.3 is 0 Å². The van der Waals surface area contributed by atoms with Crippen molar-refractivity contribution in [3.8, 4) is 5.75 Å². The van der Waals surface area contributed by atoms with Gasteiger partial charge in [-0.15, -0.1) is 0 Å². The number of rotatable bonds is 7. The van der Waals surface area contributed by atoms with Crippen molar-refractivity contribution in [1.82, 2.24) is 0 Å². The monoisotopic (exact) mass is 298 g/mol. The molecule has 22 heavy (non-hydrogen) atoms. The number of nitrogens with two attached hydrogens (primary N) is 1. The second-order valence-corrected chi connectivity index (χ2v) is 5.12. The zero-order chi connectivity index (χ0) is 15.8. The molecule has 0 spiro atoms. The minimum absolute atomic E-state index is 0.0316. The lowest BCUT2D eigenvalue weighted by Crippen LogP contribution is -2.12. The molecule has 116 valence electrons. The van der Waals surface area contributed by atoms with E-state index in [1.165, 1.54) is 0 Å². The number of benzene rings is 2. The summed E-state index contributed by atoms with van der Waals surface area (Å²) in [5, 5.41) is 2.89. The van der Waals surface area contributed by atoms with Crippen molar-refractivity contribution in [1.29, 1.82) is 0 Å². The van der Waals surface area contributed by atoms with Crippen molar-refractivity contribution in [2.45, 2.75) is 26.2 Å². The summed E-state index contributed by atoms with van der Waals surface area (Å²) in [5.74, 6) is 0.739. The Morgan fingerprint density at radius 2 is 2.00 bits per heavy atom. The Balaban J connectivity index is 1.88. The molecule has 0 saturated carbocycles. The van der Waals surface area contributed by atoms with Gasteiger partial charge < -0.3 is 15.8 Å². The number of anilines is 2. The van der Waals surface area contributed by atoms with Crippen LogP contribution in [0.4, 0.5) is 11.4 Å². The van der Waals surface area contributed by atoms with E-state index < -0.39 is 0 Å². The van der Waals surface area contributed by atoms with Crippen molar-refractivity contribution in [3.05, 3.63) is 54.1 Å². The number of hydrogen-bond donors (Lipinski definition) is 2. The van der Waals surface area contributed by atoms with Gasteiger partial charge in [-0.3, -0.25) is 4.79 Å². The van der Waals surface area contributed by atoms with Crippen LogP contribution in [0.2, 0.25) is 0 Å². The number of carbonyl (C=O) groups excluding carboxylic acids is 1. The molecule has 0 heterocycles. The fourth-order valence-corrected chi connectivity index (χ4v) is 2.12. The summed E-state index contributed by atoms with van der Waals surface area (Å²) in [6, 6.07) is 15.1. The van der Waals surface area contributed by atoms with E-state index in [-0.39, 0.29) is 5.91 Å². The first-order valence-corrected chi connectivity index (χ1v) is 7.55. The average Bonchev–Trinajstić information content (AvgIpc) is 2.52. The van der Waals surface area contributed by atoms with Gasteiger partial charge in [0.2, 0.25) is 5.91 Å². The number of nitrogens with one attached hydrogen (secondary N) is 1.